The Morgan fingerprint density at radius 1 is 1.12 bits per heavy atom. The summed E-state index contributed by atoms with van der Waals surface area (Å²) in [6.07, 6.45) is 7.25. The third-order valence-corrected chi connectivity index (χ3v) is 4.83. The maximum Gasteiger partial charge on any atom is 0.147 e. The molecule has 1 aromatic carbocycles. The molecule has 126 valence electrons. The molecule has 1 spiro atoms. The number of halogens is 1. The third kappa shape index (κ3) is 3.06. The van der Waals surface area contributed by atoms with Crippen molar-refractivity contribution in [2.45, 2.75) is 18.4 Å². The van der Waals surface area contributed by atoms with Crippen molar-refractivity contribution in [3.05, 3.63) is 48.7 Å². The summed E-state index contributed by atoms with van der Waals surface area (Å²) in [5.74, 6) is 0.695. The topological polar surface area (TPSA) is 41.5 Å². The first-order valence-corrected chi connectivity index (χ1v) is 8.40. The predicted molar refractivity (Wildman–Crippen MR) is 90.8 cm³/mol. The van der Waals surface area contributed by atoms with Crippen molar-refractivity contribution in [3.63, 3.8) is 0 Å². The number of ether oxygens (including phenoxy) is 1. The van der Waals surface area contributed by atoms with Gasteiger partial charge in [-0.3, -0.25) is 4.98 Å². The van der Waals surface area contributed by atoms with Crippen LogP contribution in [0.15, 0.2) is 42.9 Å². The quantitative estimate of drug-likeness (QED) is 0.847. The molecule has 0 unspecified atom stereocenters. The van der Waals surface area contributed by atoms with Gasteiger partial charge in [0.15, 0.2) is 0 Å². The minimum absolute atomic E-state index is 0.196. The number of piperidine rings is 1. The molecule has 1 aromatic heterocycles. The summed E-state index contributed by atoms with van der Waals surface area (Å²) in [6.45, 7) is 3.98. The van der Waals surface area contributed by atoms with E-state index in [0.29, 0.717) is 6.61 Å². The number of benzene rings is 1. The van der Waals surface area contributed by atoms with Crippen LogP contribution in [0, 0.1) is 5.82 Å². The molecule has 5 nitrogen and oxygen atoms in total. The Bertz CT molecular complexity index is 694. The maximum atomic E-state index is 13.6. The van der Waals surface area contributed by atoms with Crippen LogP contribution in [0.4, 0.5) is 15.9 Å². The fourth-order valence-electron chi connectivity index (χ4n) is 3.73. The van der Waals surface area contributed by atoms with E-state index in [-0.39, 0.29) is 11.4 Å². The number of hydrogen-bond acceptors (Lipinski definition) is 5. The highest BCUT2D eigenvalue weighted by atomic mass is 19.1. The largest absolute Gasteiger partial charge is 0.369 e. The number of rotatable bonds is 2. The van der Waals surface area contributed by atoms with Crippen LogP contribution in [0.2, 0.25) is 0 Å². The zero-order chi connectivity index (χ0) is 16.4. The molecular formula is C18H21FN4O. The molecule has 0 N–H and O–H groups in total. The molecule has 24 heavy (non-hydrogen) atoms. The van der Waals surface area contributed by atoms with Crippen LogP contribution in [0.3, 0.4) is 0 Å². The van der Waals surface area contributed by atoms with Crippen LogP contribution in [-0.4, -0.2) is 48.4 Å². The van der Waals surface area contributed by atoms with Crippen LogP contribution in [0.5, 0.6) is 0 Å². The van der Waals surface area contributed by atoms with E-state index in [2.05, 4.69) is 19.8 Å². The Hall–Kier alpha value is -2.21. The first-order chi connectivity index (χ1) is 11.7. The molecule has 0 radical (unpaired) electrons. The minimum Gasteiger partial charge on any atom is -0.369 e. The Labute approximate surface area is 141 Å². The predicted octanol–water partition coefficient (Wildman–Crippen LogP) is 2.49. The van der Waals surface area contributed by atoms with Gasteiger partial charge in [-0.1, -0.05) is 6.07 Å². The molecule has 0 bridgehead atoms. The van der Waals surface area contributed by atoms with Gasteiger partial charge in [-0.05, 0) is 31.0 Å². The standard InChI is InChI=1S/C18H21FN4O/c19-15-3-1-4-16(11-15)22-8-2-5-18(13-22)14-23(9-10-24-18)17-12-20-6-7-21-17/h1,3-4,6-7,11-12H,2,5,8-10,13-14H2/t18-/m0/s1. The van der Waals surface area contributed by atoms with Crippen molar-refractivity contribution >= 4 is 11.5 Å². The van der Waals surface area contributed by atoms with Gasteiger partial charge in [0.1, 0.15) is 17.2 Å². The summed E-state index contributed by atoms with van der Waals surface area (Å²) >= 11 is 0. The monoisotopic (exact) mass is 328 g/mol. The smallest absolute Gasteiger partial charge is 0.147 e. The second-order valence-electron chi connectivity index (χ2n) is 6.52. The van der Waals surface area contributed by atoms with Crippen LogP contribution in [0.25, 0.3) is 0 Å². The first kappa shape index (κ1) is 15.3. The molecule has 1 atom stereocenters. The van der Waals surface area contributed by atoms with Gasteiger partial charge in [0, 0.05) is 37.7 Å². The Balaban J connectivity index is 1.53. The van der Waals surface area contributed by atoms with E-state index >= 15 is 0 Å². The van der Waals surface area contributed by atoms with Crippen molar-refractivity contribution in [1.29, 1.82) is 0 Å². The number of hydrogen-bond donors (Lipinski definition) is 0. The van der Waals surface area contributed by atoms with Crippen LogP contribution >= 0.6 is 0 Å². The van der Waals surface area contributed by atoms with E-state index in [1.54, 1.807) is 30.7 Å². The van der Waals surface area contributed by atoms with E-state index in [4.69, 9.17) is 4.74 Å². The maximum absolute atomic E-state index is 13.6. The zero-order valence-electron chi connectivity index (χ0n) is 13.6. The molecule has 3 heterocycles. The summed E-state index contributed by atoms with van der Waals surface area (Å²) in [6, 6.07) is 6.81. The molecule has 4 rings (SSSR count). The van der Waals surface area contributed by atoms with Crippen molar-refractivity contribution in [2.24, 2.45) is 0 Å². The molecule has 0 aliphatic carbocycles. The van der Waals surface area contributed by atoms with Crippen molar-refractivity contribution in [3.8, 4) is 0 Å². The van der Waals surface area contributed by atoms with Gasteiger partial charge in [-0.25, -0.2) is 9.37 Å². The van der Waals surface area contributed by atoms with Crippen molar-refractivity contribution < 1.29 is 9.13 Å². The molecule has 6 heteroatoms. The van der Waals surface area contributed by atoms with E-state index in [0.717, 1.165) is 50.5 Å². The highest BCUT2D eigenvalue weighted by Gasteiger charge is 2.41. The Morgan fingerprint density at radius 2 is 2.04 bits per heavy atom. The summed E-state index contributed by atoms with van der Waals surface area (Å²) in [5.41, 5.74) is 0.690. The Morgan fingerprint density at radius 3 is 2.88 bits per heavy atom. The molecular weight excluding hydrogens is 307 g/mol. The fourth-order valence-corrected chi connectivity index (χ4v) is 3.73. The second kappa shape index (κ2) is 6.36. The molecule has 2 aromatic rings. The molecule has 2 saturated heterocycles. The average molecular weight is 328 g/mol. The summed E-state index contributed by atoms with van der Waals surface area (Å²) in [7, 11) is 0. The van der Waals surface area contributed by atoms with Gasteiger partial charge in [0.05, 0.1) is 19.3 Å². The van der Waals surface area contributed by atoms with E-state index < -0.39 is 0 Å². The fraction of sp³-hybridized carbons (Fsp3) is 0.444. The van der Waals surface area contributed by atoms with Gasteiger partial charge >= 0.3 is 0 Å². The molecule has 2 fully saturated rings. The lowest BCUT2D eigenvalue weighted by Crippen LogP contribution is -2.60. The van der Waals surface area contributed by atoms with E-state index in [1.165, 1.54) is 6.07 Å². The van der Waals surface area contributed by atoms with Crippen molar-refractivity contribution in [2.75, 3.05) is 42.6 Å². The van der Waals surface area contributed by atoms with Crippen LogP contribution < -0.4 is 9.80 Å². The lowest BCUT2D eigenvalue weighted by atomic mass is 9.90. The summed E-state index contributed by atoms with van der Waals surface area (Å²) < 4.78 is 19.8. The van der Waals surface area contributed by atoms with E-state index in [1.807, 2.05) is 6.07 Å². The number of anilines is 2. The average Bonchev–Trinajstić information content (AvgIpc) is 2.63. The normalized spacial score (nSPS) is 24.4. The molecule has 2 aliphatic heterocycles. The lowest BCUT2D eigenvalue weighted by molar-refractivity contribution is -0.0631. The lowest BCUT2D eigenvalue weighted by Gasteiger charge is -2.48. The zero-order valence-corrected chi connectivity index (χ0v) is 13.6. The first-order valence-electron chi connectivity index (χ1n) is 8.40. The third-order valence-electron chi connectivity index (χ3n) is 4.83. The van der Waals surface area contributed by atoms with Gasteiger partial charge in [0.25, 0.3) is 0 Å². The van der Waals surface area contributed by atoms with Crippen LogP contribution in [0.1, 0.15) is 12.8 Å². The van der Waals surface area contributed by atoms with Crippen molar-refractivity contribution in [1.82, 2.24) is 9.97 Å². The SMILES string of the molecule is Fc1cccc(N2CCC[C@]3(C2)CN(c2cnccn2)CCO3)c1. The molecule has 0 saturated carbocycles. The number of nitrogens with zero attached hydrogens (tertiary/aromatic N) is 4. The number of morpholine rings is 1. The second-order valence-corrected chi connectivity index (χ2v) is 6.52. The highest BCUT2D eigenvalue weighted by molar-refractivity contribution is 5.48. The van der Waals surface area contributed by atoms with Gasteiger partial charge in [-0.15, -0.1) is 0 Å². The van der Waals surface area contributed by atoms with Gasteiger partial charge < -0.3 is 14.5 Å². The summed E-state index contributed by atoms with van der Waals surface area (Å²) in [4.78, 5) is 13.1. The number of aromatic nitrogens is 2. The minimum atomic E-state index is -0.236. The van der Waals surface area contributed by atoms with Gasteiger partial charge in [-0.2, -0.15) is 0 Å². The van der Waals surface area contributed by atoms with Crippen LogP contribution in [-0.2, 0) is 4.74 Å². The highest BCUT2D eigenvalue weighted by Crippen LogP contribution is 2.32. The summed E-state index contributed by atoms with van der Waals surface area (Å²) in [5, 5.41) is 0. The van der Waals surface area contributed by atoms with Gasteiger partial charge in [0.2, 0.25) is 0 Å². The van der Waals surface area contributed by atoms with E-state index in [9.17, 15) is 4.39 Å². The molecule has 0 amide bonds. The molecule has 2 aliphatic rings. The Kier molecular flexibility index (Phi) is 4.06.